The van der Waals surface area contributed by atoms with Crippen LogP contribution in [0.25, 0.3) is 10.8 Å². The maximum atomic E-state index is 12.4. The molecule has 0 radical (unpaired) electrons. The first kappa shape index (κ1) is 11.6. The highest BCUT2D eigenvalue weighted by atomic mass is 16.1. The predicted molar refractivity (Wildman–Crippen MR) is 76.4 cm³/mol. The lowest BCUT2D eigenvalue weighted by molar-refractivity contribution is 0.103. The lowest BCUT2D eigenvalue weighted by Crippen LogP contribution is -2.02. The molecule has 0 fully saturated rings. The molecule has 0 aliphatic rings. The topological polar surface area (TPSA) is 30.0 Å². The average molecular weight is 247 g/mol. The van der Waals surface area contributed by atoms with E-state index in [9.17, 15) is 4.79 Å². The van der Waals surface area contributed by atoms with Gasteiger partial charge in [0.25, 0.3) is 0 Å². The van der Waals surface area contributed by atoms with Crippen LogP contribution in [0.1, 0.15) is 21.5 Å². The molecule has 0 saturated carbocycles. The second-order valence-corrected chi connectivity index (χ2v) is 4.64. The normalized spacial score (nSPS) is 10.6. The number of hydrogen-bond donors (Lipinski definition) is 0. The highest BCUT2D eigenvalue weighted by molar-refractivity contribution is 6.10. The Balaban J connectivity index is 2.06. The molecule has 0 aliphatic carbocycles. The van der Waals surface area contributed by atoms with Gasteiger partial charge in [0.05, 0.1) is 0 Å². The molecule has 19 heavy (non-hydrogen) atoms. The summed E-state index contributed by atoms with van der Waals surface area (Å²) in [5, 5.41) is 2.22. The predicted octanol–water partition coefficient (Wildman–Crippen LogP) is 3.77. The molecule has 92 valence electrons. The zero-order chi connectivity index (χ0) is 13.2. The molecule has 0 N–H and O–H groups in total. The van der Waals surface area contributed by atoms with Crippen molar-refractivity contribution in [1.82, 2.24) is 4.98 Å². The Morgan fingerprint density at radius 3 is 2.47 bits per heavy atom. The molecule has 2 aromatic carbocycles. The number of carbonyl (C=O) groups is 1. The number of rotatable bonds is 2. The number of carbonyl (C=O) groups excluding carboxylic acids is 1. The molecule has 0 aliphatic heterocycles. The van der Waals surface area contributed by atoms with E-state index in [4.69, 9.17) is 0 Å². The van der Waals surface area contributed by atoms with Gasteiger partial charge in [0.2, 0.25) is 0 Å². The van der Waals surface area contributed by atoms with E-state index in [-0.39, 0.29) is 5.78 Å². The standard InChI is InChI=1S/C17H13NO/c1-12-8-16(11-18-10-12)17(19)15-7-6-13-4-2-3-5-14(13)9-15/h2-11H,1H3. The van der Waals surface area contributed by atoms with Gasteiger partial charge in [-0.1, -0.05) is 36.4 Å². The van der Waals surface area contributed by atoms with Crippen LogP contribution in [0.2, 0.25) is 0 Å². The van der Waals surface area contributed by atoms with Gasteiger partial charge >= 0.3 is 0 Å². The van der Waals surface area contributed by atoms with E-state index in [2.05, 4.69) is 4.98 Å². The first-order valence-electron chi connectivity index (χ1n) is 6.19. The Hall–Kier alpha value is -2.48. The van der Waals surface area contributed by atoms with Crippen molar-refractivity contribution in [2.24, 2.45) is 0 Å². The van der Waals surface area contributed by atoms with Crippen molar-refractivity contribution in [3.8, 4) is 0 Å². The first-order valence-corrected chi connectivity index (χ1v) is 6.19. The van der Waals surface area contributed by atoms with Crippen LogP contribution >= 0.6 is 0 Å². The quantitative estimate of drug-likeness (QED) is 0.645. The van der Waals surface area contributed by atoms with E-state index in [1.807, 2.05) is 55.5 Å². The van der Waals surface area contributed by atoms with Gasteiger partial charge in [0.1, 0.15) is 0 Å². The summed E-state index contributed by atoms with van der Waals surface area (Å²) in [6.45, 7) is 1.93. The summed E-state index contributed by atoms with van der Waals surface area (Å²) in [7, 11) is 0. The minimum Gasteiger partial charge on any atom is -0.289 e. The number of nitrogens with zero attached hydrogens (tertiary/aromatic N) is 1. The van der Waals surface area contributed by atoms with Gasteiger partial charge in [0.15, 0.2) is 5.78 Å². The van der Waals surface area contributed by atoms with Crippen molar-refractivity contribution in [3.63, 3.8) is 0 Å². The van der Waals surface area contributed by atoms with Crippen LogP contribution in [-0.2, 0) is 0 Å². The van der Waals surface area contributed by atoms with Gasteiger partial charge in [-0.15, -0.1) is 0 Å². The highest BCUT2D eigenvalue weighted by Gasteiger charge is 2.09. The molecule has 1 heterocycles. The minimum atomic E-state index is 0.0157. The van der Waals surface area contributed by atoms with Crippen LogP contribution in [0, 0.1) is 6.92 Å². The number of pyridine rings is 1. The maximum absolute atomic E-state index is 12.4. The van der Waals surface area contributed by atoms with Gasteiger partial charge in [0, 0.05) is 23.5 Å². The molecule has 0 saturated heterocycles. The van der Waals surface area contributed by atoms with Gasteiger partial charge < -0.3 is 0 Å². The Bertz CT molecular complexity index is 762. The number of ketones is 1. The molecule has 1 aromatic heterocycles. The van der Waals surface area contributed by atoms with Crippen LogP contribution in [0.3, 0.4) is 0 Å². The molecule has 2 heteroatoms. The van der Waals surface area contributed by atoms with Crippen molar-refractivity contribution in [2.45, 2.75) is 6.92 Å². The zero-order valence-electron chi connectivity index (χ0n) is 10.6. The summed E-state index contributed by atoms with van der Waals surface area (Å²) >= 11 is 0. The molecular weight excluding hydrogens is 234 g/mol. The second-order valence-electron chi connectivity index (χ2n) is 4.64. The minimum absolute atomic E-state index is 0.0157. The second kappa shape index (κ2) is 4.65. The molecule has 0 atom stereocenters. The summed E-state index contributed by atoms with van der Waals surface area (Å²) in [4.78, 5) is 16.5. The van der Waals surface area contributed by atoms with E-state index in [1.165, 1.54) is 0 Å². The van der Waals surface area contributed by atoms with E-state index in [0.29, 0.717) is 11.1 Å². The molecule has 0 bridgehead atoms. The van der Waals surface area contributed by atoms with E-state index in [1.54, 1.807) is 12.4 Å². The van der Waals surface area contributed by atoms with E-state index < -0.39 is 0 Å². The zero-order valence-corrected chi connectivity index (χ0v) is 10.6. The Labute approximate surface area is 111 Å². The summed E-state index contributed by atoms with van der Waals surface area (Å²) in [5.74, 6) is 0.0157. The Morgan fingerprint density at radius 2 is 1.68 bits per heavy atom. The van der Waals surface area contributed by atoms with E-state index in [0.717, 1.165) is 16.3 Å². The fourth-order valence-corrected chi connectivity index (χ4v) is 2.18. The summed E-state index contributed by atoms with van der Waals surface area (Å²) in [6, 6.07) is 15.7. The molecule has 0 spiro atoms. The van der Waals surface area contributed by atoms with Gasteiger partial charge in [-0.25, -0.2) is 0 Å². The van der Waals surface area contributed by atoms with Crippen molar-refractivity contribution < 1.29 is 4.79 Å². The number of aromatic nitrogens is 1. The van der Waals surface area contributed by atoms with Gasteiger partial charge in [-0.05, 0) is 35.4 Å². The summed E-state index contributed by atoms with van der Waals surface area (Å²) < 4.78 is 0. The molecule has 3 aromatic rings. The van der Waals surface area contributed by atoms with E-state index >= 15 is 0 Å². The van der Waals surface area contributed by atoms with Gasteiger partial charge in [-0.2, -0.15) is 0 Å². The molecule has 0 unspecified atom stereocenters. The van der Waals surface area contributed by atoms with Crippen LogP contribution in [0.4, 0.5) is 0 Å². The third-order valence-corrected chi connectivity index (χ3v) is 3.15. The Morgan fingerprint density at radius 1 is 0.895 bits per heavy atom. The highest BCUT2D eigenvalue weighted by Crippen LogP contribution is 2.18. The number of fused-ring (bicyclic) bond motifs is 1. The lowest BCUT2D eigenvalue weighted by atomic mass is 10.0. The smallest absolute Gasteiger partial charge is 0.194 e. The molecule has 0 amide bonds. The van der Waals surface area contributed by atoms with Crippen molar-refractivity contribution in [1.29, 1.82) is 0 Å². The fourth-order valence-electron chi connectivity index (χ4n) is 2.18. The van der Waals surface area contributed by atoms with Crippen LogP contribution in [-0.4, -0.2) is 10.8 Å². The fraction of sp³-hybridized carbons (Fsp3) is 0.0588. The summed E-state index contributed by atoms with van der Waals surface area (Å²) in [5.41, 5.74) is 2.33. The van der Waals surface area contributed by atoms with Crippen molar-refractivity contribution in [3.05, 3.63) is 77.6 Å². The third kappa shape index (κ3) is 2.25. The molecule has 2 nitrogen and oxygen atoms in total. The maximum Gasteiger partial charge on any atom is 0.194 e. The number of benzene rings is 2. The van der Waals surface area contributed by atoms with Crippen molar-refractivity contribution in [2.75, 3.05) is 0 Å². The van der Waals surface area contributed by atoms with Gasteiger partial charge in [-0.3, -0.25) is 9.78 Å². The summed E-state index contributed by atoms with van der Waals surface area (Å²) in [6.07, 6.45) is 3.36. The third-order valence-electron chi connectivity index (χ3n) is 3.15. The van der Waals surface area contributed by atoms with Crippen LogP contribution < -0.4 is 0 Å². The lowest BCUT2D eigenvalue weighted by Gasteiger charge is -2.04. The average Bonchev–Trinajstić information content (AvgIpc) is 2.46. The first-order chi connectivity index (χ1) is 9.24. The molecule has 3 rings (SSSR count). The largest absolute Gasteiger partial charge is 0.289 e. The van der Waals surface area contributed by atoms with Crippen LogP contribution in [0.15, 0.2) is 60.9 Å². The SMILES string of the molecule is Cc1cncc(C(=O)c2ccc3ccccc3c2)c1. The molecular formula is C17H13NO. The Kier molecular flexibility index (Phi) is 2.84. The monoisotopic (exact) mass is 247 g/mol. The number of aryl methyl sites for hydroxylation is 1. The number of hydrogen-bond acceptors (Lipinski definition) is 2. The van der Waals surface area contributed by atoms with Crippen molar-refractivity contribution >= 4 is 16.6 Å². The van der Waals surface area contributed by atoms with Crippen LogP contribution in [0.5, 0.6) is 0 Å².